The zero-order valence-corrected chi connectivity index (χ0v) is 21.2. The summed E-state index contributed by atoms with van der Waals surface area (Å²) in [6, 6.07) is 6.75. The molecule has 33 heavy (non-hydrogen) atoms. The number of benzene rings is 1. The van der Waals surface area contributed by atoms with E-state index in [4.69, 9.17) is 15.2 Å². The van der Waals surface area contributed by atoms with Gasteiger partial charge >= 0.3 is 0 Å². The third kappa shape index (κ3) is 12.9. The number of rotatable bonds is 17. The average molecular weight is 488 g/mol. The quantitative estimate of drug-likeness (QED) is 0.248. The summed E-state index contributed by atoms with van der Waals surface area (Å²) in [4.78, 5) is 23.8. The Morgan fingerprint density at radius 2 is 1.79 bits per heavy atom. The number of hydrogen-bond donors (Lipinski definition) is 4. The minimum Gasteiger partial charge on any atom is -0.493 e. The fraction of sp³-hybridized carbons (Fsp3) is 0.667. The molecule has 0 bridgehead atoms. The monoisotopic (exact) mass is 487 g/mol. The number of para-hydroxylation sites is 1. The molecule has 0 saturated carbocycles. The van der Waals surface area contributed by atoms with Crippen LogP contribution in [-0.2, 0) is 9.53 Å². The number of halogens is 1. The van der Waals surface area contributed by atoms with Crippen LogP contribution in [0.4, 0.5) is 0 Å². The van der Waals surface area contributed by atoms with E-state index < -0.39 is 12.1 Å². The van der Waals surface area contributed by atoms with Crippen LogP contribution in [0.1, 0.15) is 50.4 Å². The lowest BCUT2D eigenvalue weighted by Crippen LogP contribution is -2.45. The number of methoxy groups -OCH3 is 1. The zero-order valence-electron chi connectivity index (χ0n) is 20.3. The van der Waals surface area contributed by atoms with E-state index in [2.05, 4.69) is 24.5 Å². The molecule has 0 fully saturated rings. The van der Waals surface area contributed by atoms with Gasteiger partial charge < -0.3 is 30.9 Å². The van der Waals surface area contributed by atoms with E-state index in [1.807, 2.05) is 12.1 Å². The van der Waals surface area contributed by atoms with Gasteiger partial charge in [-0.25, -0.2) is 0 Å². The molecule has 3 atom stereocenters. The van der Waals surface area contributed by atoms with Crippen LogP contribution in [0.25, 0.3) is 0 Å². The molecular weight excluding hydrogens is 446 g/mol. The van der Waals surface area contributed by atoms with Crippen molar-refractivity contribution in [3.05, 3.63) is 29.8 Å². The fourth-order valence-electron chi connectivity index (χ4n) is 3.28. The van der Waals surface area contributed by atoms with Crippen LogP contribution < -0.4 is 21.1 Å². The molecule has 5 N–H and O–H groups in total. The van der Waals surface area contributed by atoms with Crippen LogP contribution in [0.5, 0.6) is 5.75 Å². The summed E-state index contributed by atoms with van der Waals surface area (Å²) in [6.45, 7) is 7.75. The number of ketones is 1. The van der Waals surface area contributed by atoms with Crippen molar-refractivity contribution in [3.63, 3.8) is 0 Å². The molecule has 0 aliphatic heterocycles. The van der Waals surface area contributed by atoms with Gasteiger partial charge in [0.15, 0.2) is 0 Å². The molecule has 0 aromatic heterocycles. The summed E-state index contributed by atoms with van der Waals surface area (Å²) in [5.41, 5.74) is 6.69. The molecule has 0 heterocycles. The molecular formula is C24H42ClN3O5. The summed E-state index contributed by atoms with van der Waals surface area (Å²) in [6.07, 6.45) is 1.54. The molecule has 0 aliphatic carbocycles. The Labute approximate surface area is 204 Å². The van der Waals surface area contributed by atoms with Gasteiger partial charge in [0.05, 0.1) is 24.8 Å². The highest BCUT2D eigenvalue weighted by Gasteiger charge is 2.23. The lowest BCUT2D eigenvalue weighted by molar-refractivity contribution is -0.116. The number of aliphatic hydroxyl groups excluding tert-OH is 1. The molecule has 0 saturated heterocycles. The number of ether oxygens (including phenoxy) is 2. The average Bonchev–Trinajstić information content (AvgIpc) is 2.75. The SMILES string of the molecule is COCCCCOc1ccccc1C(=O)NC[C@@H](C[C@H](N)[C@@H](O)CNCC(C)=O)C(C)C.Cl. The zero-order chi connectivity index (χ0) is 23.9. The first-order valence-corrected chi connectivity index (χ1v) is 11.4. The number of amides is 1. The van der Waals surface area contributed by atoms with Crippen LogP contribution in [-0.4, -0.2) is 68.9 Å². The van der Waals surface area contributed by atoms with E-state index >= 15 is 0 Å². The van der Waals surface area contributed by atoms with Gasteiger partial charge in [0.25, 0.3) is 5.91 Å². The van der Waals surface area contributed by atoms with Gasteiger partial charge in [-0.2, -0.15) is 0 Å². The normalized spacial score (nSPS) is 13.7. The van der Waals surface area contributed by atoms with Gasteiger partial charge in [-0.05, 0) is 50.2 Å². The maximum atomic E-state index is 12.8. The standard InChI is InChI=1S/C24H41N3O5.ClH/c1-17(2)19(13-21(25)22(29)16-26-14-18(3)28)15-27-24(30)20-9-5-6-10-23(20)32-12-8-7-11-31-4;/h5-6,9-10,17,19,21-22,26,29H,7-8,11-16,25H2,1-4H3,(H,27,30);1H/t19-,21+,22+;/m1./s1. The van der Waals surface area contributed by atoms with Crippen molar-refractivity contribution in [3.8, 4) is 5.75 Å². The molecule has 9 heteroatoms. The van der Waals surface area contributed by atoms with Gasteiger partial charge in [0.2, 0.25) is 0 Å². The van der Waals surface area contributed by atoms with E-state index in [-0.39, 0.29) is 49.0 Å². The van der Waals surface area contributed by atoms with Gasteiger partial charge in [0, 0.05) is 32.8 Å². The van der Waals surface area contributed by atoms with Crippen molar-refractivity contribution >= 4 is 24.1 Å². The number of aliphatic hydroxyl groups is 1. The van der Waals surface area contributed by atoms with Gasteiger partial charge in [-0.1, -0.05) is 26.0 Å². The minimum atomic E-state index is -0.765. The molecule has 0 aliphatic rings. The van der Waals surface area contributed by atoms with Crippen LogP contribution in [0.3, 0.4) is 0 Å². The number of unbranched alkanes of at least 4 members (excludes halogenated alkanes) is 1. The topological polar surface area (TPSA) is 123 Å². The Hall–Kier alpha value is -1.71. The summed E-state index contributed by atoms with van der Waals surface area (Å²) < 4.78 is 10.8. The summed E-state index contributed by atoms with van der Waals surface area (Å²) >= 11 is 0. The van der Waals surface area contributed by atoms with E-state index in [9.17, 15) is 14.7 Å². The Balaban J connectivity index is 0.0000102. The number of nitrogens with one attached hydrogen (secondary N) is 2. The lowest BCUT2D eigenvalue weighted by atomic mass is 9.87. The Bertz CT molecular complexity index is 690. The van der Waals surface area contributed by atoms with Gasteiger partial charge in [-0.15, -0.1) is 12.4 Å². The second kappa shape index (κ2) is 17.7. The molecule has 0 spiro atoms. The maximum absolute atomic E-state index is 12.8. The van der Waals surface area contributed by atoms with E-state index in [0.717, 1.165) is 12.8 Å². The van der Waals surface area contributed by atoms with Crippen molar-refractivity contribution in [1.29, 1.82) is 0 Å². The molecule has 8 nitrogen and oxygen atoms in total. The Morgan fingerprint density at radius 1 is 1.12 bits per heavy atom. The largest absolute Gasteiger partial charge is 0.493 e. The molecule has 1 rings (SSSR count). The van der Waals surface area contributed by atoms with Crippen molar-refractivity contribution in [2.75, 3.05) is 40.0 Å². The predicted octanol–water partition coefficient (Wildman–Crippen LogP) is 2.17. The number of nitrogens with two attached hydrogens (primary N) is 1. The summed E-state index contributed by atoms with van der Waals surface area (Å²) in [7, 11) is 1.67. The van der Waals surface area contributed by atoms with Crippen molar-refractivity contribution < 1.29 is 24.2 Å². The second-order valence-corrected chi connectivity index (χ2v) is 8.56. The van der Waals surface area contributed by atoms with E-state index in [1.54, 1.807) is 19.2 Å². The van der Waals surface area contributed by atoms with Crippen LogP contribution in [0.15, 0.2) is 24.3 Å². The maximum Gasteiger partial charge on any atom is 0.255 e. The lowest BCUT2D eigenvalue weighted by Gasteiger charge is -2.27. The molecule has 1 aromatic rings. The van der Waals surface area contributed by atoms with Gasteiger partial charge in [-0.3, -0.25) is 9.59 Å². The minimum absolute atomic E-state index is 0. The van der Waals surface area contributed by atoms with Crippen LogP contribution in [0.2, 0.25) is 0 Å². The van der Waals surface area contributed by atoms with Crippen molar-refractivity contribution in [2.45, 2.75) is 52.2 Å². The highest BCUT2D eigenvalue weighted by Crippen LogP contribution is 2.20. The van der Waals surface area contributed by atoms with E-state index in [0.29, 0.717) is 37.5 Å². The molecule has 0 radical (unpaired) electrons. The molecule has 0 unspecified atom stereocenters. The second-order valence-electron chi connectivity index (χ2n) is 8.56. The number of Topliss-reactive ketones (excluding diaryl/α,β-unsaturated/α-hetero) is 1. The van der Waals surface area contributed by atoms with E-state index in [1.165, 1.54) is 6.92 Å². The molecule has 1 aromatic carbocycles. The van der Waals surface area contributed by atoms with Crippen LogP contribution in [0, 0.1) is 11.8 Å². The molecule has 1 amide bonds. The van der Waals surface area contributed by atoms with Crippen molar-refractivity contribution in [2.24, 2.45) is 17.6 Å². The predicted molar refractivity (Wildman–Crippen MR) is 133 cm³/mol. The molecule has 190 valence electrons. The first kappa shape index (κ1) is 31.3. The summed E-state index contributed by atoms with van der Waals surface area (Å²) in [5, 5.41) is 16.2. The number of carbonyl (C=O) groups is 2. The first-order chi connectivity index (χ1) is 15.3. The third-order valence-corrected chi connectivity index (χ3v) is 5.40. The first-order valence-electron chi connectivity index (χ1n) is 11.4. The Morgan fingerprint density at radius 3 is 2.42 bits per heavy atom. The smallest absolute Gasteiger partial charge is 0.255 e. The fourth-order valence-corrected chi connectivity index (χ4v) is 3.28. The van der Waals surface area contributed by atoms with Crippen LogP contribution >= 0.6 is 12.4 Å². The highest BCUT2D eigenvalue weighted by molar-refractivity contribution is 5.96. The Kier molecular flexibility index (Phi) is 16.8. The third-order valence-electron chi connectivity index (χ3n) is 5.40. The number of carbonyl (C=O) groups excluding carboxylic acids is 2. The van der Waals surface area contributed by atoms with Crippen molar-refractivity contribution in [1.82, 2.24) is 10.6 Å². The summed E-state index contributed by atoms with van der Waals surface area (Å²) in [5.74, 6) is 0.741. The highest BCUT2D eigenvalue weighted by atomic mass is 35.5. The van der Waals surface area contributed by atoms with Gasteiger partial charge in [0.1, 0.15) is 11.5 Å². The number of hydrogen-bond acceptors (Lipinski definition) is 7.